The van der Waals surface area contributed by atoms with Crippen molar-refractivity contribution in [3.05, 3.63) is 144 Å². The fourth-order valence-electron chi connectivity index (χ4n) is 4.88. The van der Waals surface area contributed by atoms with E-state index in [-0.39, 0.29) is 37.5 Å². The summed E-state index contributed by atoms with van der Waals surface area (Å²) >= 11 is 0. The molecule has 6 rings (SSSR count). The van der Waals surface area contributed by atoms with Crippen LogP contribution in [0, 0.1) is 0 Å². The molecular formula is C32H28N2O3. The quantitative estimate of drug-likeness (QED) is 0.273. The first-order chi connectivity index (χ1) is 18.3. The first kappa shape index (κ1) is 23.2. The third-order valence-corrected chi connectivity index (χ3v) is 6.66. The number of nitrogens with zero attached hydrogens (tertiary/aromatic N) is 2. The first-order valence-electron chi connectivity index (χ1n) is 12.6. The van der Waals surface area contributed by atoms with E-state index in [1.807, 2.05) is 72.8 Å². The van der Waals surface area contributed by atoms with Crippen LogP contribution in [0.1, 0.15) is 46.5 Å². The molecule has 0 spiro atoms. The molecule has 4 aromatic carbocycles. The van der Waals surface area contributed by atoms with E-state index in [4.69, 9.17) is 24.2 Å². The van der Waals surface area contributed by atoms with E-state index < -0.39 is 0 Å². The second kappa shape index (κ2) is 10.8. The number of benzene rings is 4. The highest BCUT2D eigenvalue weighted by Crippen LogP contribution is 2.41. The zero-order valence-electron chi connectivity index (χ0n) is 20.4. The average Bonchev–Trinajstić information content (AvgIpc) is 3.60. The second-order valence-electron chi connectivity index (χ2n) is 9.15. The second-order valence-corrected chi connectivity index (χ2v) is 9.15. The zero-order chi connectivity index (χ0) is 24.9. The Labute approximate surface area is 217 Å². The lowest BCUT2D eigenvalue weighted by Crippen LogP contribution is -2.17. The van der Waals surface area contributed by atoms with Crippen molar-refractivity contribution in [2.45, 2.75) is 24.3 Å². The molecular weight excluding hydrogens is 460 g/mol. The summed E-state index contributed by atoms with van der Waals surface area (Å²) in [7, 11) is 0. The lowest BCUT2D eigenvalue weighted by molar-refractivity contribution is 0.133. The van der Waals surface area contributed by atoms with Crippen LogP contribution in [-0.4, -0.2) is 25.0 Å². The summed E-state index contributed by atoms with van der Waals surface area (Å²) in [6, 6.07) is 40.7. The molecule has 0 aromatic heterocycles. The predicted molar refractivity (Wildman–Crippen MR) is 145 cm³/mol. The largest absolute Gasteiger partial charge is 0.468 e. The Morgan fingerprint density at radius 2 is 0.784 bits per heavy atom. The van der Waals surface area contributed by atoms with E-state index in [0.29, 0.717) is 11.8 Å². The van der Waals surface area contributed by atoms with Crippen molar-refractivity contribution < 1.29 is 14.2 Å². The SMILES string of the molecule is c1ccc(C2N=C(COCC3=NC(c4ccccc4)C(c4ccccc4)O3)OC2c2ccccc2)cc1. The van der Waals surface area contributed by atoms with Gasteiger partial charge in [0.1, 0.15) is 25.3 Å². The number of hydrogen-bond acceptors (Lipinski definition) is 5. The van der Waals surface area contributed by atoms with Gasteiger partial charge in [0.15, 0.2) is 12.2 Å². The molecule has 4 unspecified atom stereocenters. The van der Waals surface area contributed by atoms with Crippen LogP contribution in [0.5, 0.6) is 0 Å². The molecule has 0 fully saturated rings. The third kappa shape index (κ3) is 5.18. The van der Waals surface area contributed by atoms with Crippen LogP contribution in [0.2, 0.25) is 0 Å². The smallest absolute Gasteiger partial charge is 0.211 e. The lowest BCUT2D eigenvalue weighted by Gasteiger charge is -2.18. The summed E-state index contributed by atoms with van der Waals surface area (Å²) in [5.41, 5.74) is 4.42. The Bertz CT molecular complexity index is 1250. The maximum atomic E-state index is 6.30. The fraction of sp³-hybridized carbons (Fsp3) is 0.188. The molecule has 37 heavy (non-hydrogen) atoms. The van der Waals surface area contributed by atoms with Crippen molar-refractivity contribution in [3.63, 3.8) is 0 Å². The summed E-state index contributed by atoms with van der Waals surface area (Å²) in [6.07, 6.45) is -0.376. The van der Waals surface area contributed by atoms with E-state index in [1.54, 1.807) is 0 Å². The maximum absolute atomic E-state index is 6.30. The van der Waals surface area contributed by atoms with Crippen LogP contribution < -0.4 is 0 Å². The van der Waals surface area contributed by atoms with Crippen LogP contribution in [0.15, 0.2) is 131 Å². The van der Waals surface area contributed by atoms with Gasteiger partial charge in [0, 0.05) is 0 Å². The van der Waals surface area contributed by atoms with Crippen molar-refractivity contribution in [2.75, 3.05) is 13.2 Å². The van der Waals surface area contributed by atoms with E-state index in [2.05, 4.69) is 48.5 Å². The molecule has 4 aromatic rings. The molecule has 0 amide bonds. The van der Waals surface area contributed by atoms with Crippen molar-refractivity contribution in [2.24, 2.45) is 9.98 Å². The molecule has 2 aliphatic rings. The minimum Gasteiger partial charge on any atom is -0.468 e. The zero-order valence-corrected chi connectivity index (χ0v) is 20.4. The van der Waals surface area contributed by atoms with Gasteiger partial charge in [-0.2, -0.15) is 0 Å². The van der Waals surface area contributed by atoms with Gasteiger partial charge in [0.05, 0.1) is 0 Å². The predicted octanol–water partition coefficient (Wildman–Crippen LogP) is 6.83. The van der Waals surface area contributed by atoms with E-state index in [1.165, 1.54) is 0 Å². The van der Waals surface area contributed by atoms with E-state index in [0.717, 1.165) is 22.3 Å². The molecule has 2 aliphatic heterocycles. The normalized spacial score (nSPS) is 22.6. The topological polar surface area (TPSA) is 52.4 Å². The minimum absolute atomic E-state index is 0.118. The molecule has 5 heteroatoms. The van der Waals surface area contributed by atoms with Gasteiger partial charge in [0.2, 0.25) is 11.8 Å². The third-order valence-electron chi connectivity index (χ3n) is 6.66. The monoisotopic (exact) mass is 488 g/mol. The van der Waals surface area contributed by atoms with Crippen LogP contribution in [0.4, 0.5) is 0 Å². The van der Waals surface area contributed by atoms with Crippen LogP contribution >= 0.6 is 0 Å². The molecule has 184 valence electrons. The van der Waals surface area contributed by atoms with Gasteiger partial charge in [-0.1, -0.05) is 121 Å². The highest BCUT2D eigenvalue weighted by atomic mass is 16.6. The first-order valence-corrected chi connectivity index (χ1v) is 12.6. The molecule has 4 atom stereocenters. The Morgan fingerprint density at radius 3 is 1.14 bits per heavy atom. The van der Waals surface area contributed by atoms with Crippen molar-refractivity contribution in [1.82, 2.24) is 0 Å². The molecule has 2 heterocycles. The molecule has 0 saturated heterocycles. The molecule has 5 nitrogen and oxygen atoms in total. The molecule has 0 saturated carbocycles. The van der Waals surface area contributed by atoms with E-state index >= 15 is 0 Å². The summed E-state index contributed by atoms with van der Waals surface area (Å²) in [5, 5.41) is 0. The summed E-state index contributed by atoms with van der Waals surface area (Å²) in [4.78, 5) is 9.79. The van der Waals surface area contributed by atoms with Crippen LogP contribution in [0.25, 0.3) is 0 Å². The summed E-state index contributed by atoms with van der Waals surface area (Å²) < 4.78 is 18.6. The summed E-state index contributed by atoms with van der Waals surface area (Å²) in [5.74, 6) is 1.17. The number of hydrogen-bond donors (Lipinski definition) is 0. The Kier molecular flexibility index (Phi) is 6.78. The van der Waals surface area contributed by atoms with Gasteiger partial charge in [-0.05, 0) is 22.3 Å². The number of ether oxygens (including phenoxy) is 3. The maximum Gasteiger partial charge on any atom is 0.211 e. The standard InChI is InChI=1S/C32H28N2O3/c1-5-13-23(14-6-1)29-31(25-17-9-3-10-18-25)36-27(33-29)21-35-22-28-34-30(24-15-7-2-8-16-24)32(37-28)26-19-11-4-12-20-26/h1-20,29-32H,21-22H2. The van der Waals surface area contributed by atoms with Crippen molar-refractivity contribution in [3.8, 4) is 0 Å². The number of rotatable bonds is 8. The Hall–Kier alpha value is -4.22. The highest BCUT2D eigenvalue weighted by molar-refractivity contribution is 5.82. The van der Waals surface area contributed by atoms with Gasteiger partial charge in [-0.15, -0.1) is 0 Å². The Balaban J connectivity index is 1.15. The highest BCUT2D eigenvalue weighted by Gasteiger charge is 2.35. The van der Waals surface area contributed by atoms with Gasteiger partial charge < -0.3 is 14.2 Å². The molecule has 0 N–H and O–H groups in total. The minimum atomic E-state index is -0.188. The average molecular weight is 489 g/mol. The lowest BCUT2D eigenvalue weighted by atomic mass is 9.97. The Morgan fingerprint density at radius 1 is 0.459 bits per heavy atom. The molecule has 0 bridgehead atoms. The fourth-order valence-corrected chi connectivity index (χ4v) is 4.88. The molecule has 0 radical (unpaired) electrons. The van der Waals surface area contributed by atoms with Gasteiger partial charge >= 0.3 is 0 Å². The van der Waals surface area contributed by atoms with Crippen LogP contribution in [-0.2, 0) is 14.2 Å². The molecule has 0 aliphatic carbocycles. The van der Waals surface area contributed by atoms with Gasteiger partial charge in [0.25, 0.3) is 0 Å². The van der Waals surface area contributed by atoms with Gasteiger partial charge in [-0.3, -0.25) is 0 Å². The van der Waals surface area contributed by atoms with Gasteiger partial charge in [-0.25, -0.2) is 9.98 Å². The number of aliphatic imine (C=N–C) groups is 2. The summed E-state index contributed by atoms with van der Waals surface area (Å²) in [6.45, 7) is 0.502. The van der Waals surface area contributed by atoms with E-state index in [9.17, 15) is 0 Å². The van der Waals surface area contributed by atoms with Crippen molar-refractivity contribution >= 4 is 11.8 Å². The van der Waals surface area contributed by atoms with Crippen molar-refractivity contribution in [1.29, 1.82) is 0 Å². The van der Waals surface area contributed by atoms with Crippen LogP contribution in [0.3, 0.4) is 0 Å².